The number of nitrogens with zero attached hydrogens (tertiary/aromatic N) is 3. The Morgan fingerprint density at radius 1 is 0.756 bits per heavy atom. The van der Waals surface area contributed by atoms with Gasteiger partial charge in [-0.15, -0.1) is 0 Å². The van der Waals surface area contributed by atoms with Gasteiger partial charge in [0, 0.05) is 10.7 Å². The second-order valence-corrected chi connectivity index (χ2v) is 9.00. The Hall–Kier alpha value is -4.71. The molecule has 208 valence electrons. The molecule has 0 bridgehead atoms. The molecule has 0 saturated heterocycles. The van der Waals surface area contributed by atoms with E-state index in [0.29, 0.717) is 0 Å². The van der Waals surface area contributed by atoms with Crippen LogP contribution >= 0.6 is 11.6 Å². The Balaban J connectivity index is 1.66. The second kappa shape index (κ2) is 10.4. The minimum Gasteiger partial charge on any atom is -0.289 e. The van der Waals surface area contributed by atoms with Gasteiger partial charge in [-0.1, -0.05) is 23.7 Å². The molecule has 0 aliphatic carbocycles. The van der Waals surface area contributed by atoms with Crippen molar-refractivity contribution in [2.75, 3.05) is 4.90 Å². The number of carbonyl (C=O) groups is 2. The third kappa shape index (κ3) is 5.02. The van der Waals surface area contributed by atoms with Gasteiger partial charge in [0.15, 0.2) is 23.3 Å². The summed E-state index contributed by atoms with van der Waals surface area (Å²) in [6.45, 7) is 0. The molecule has 0 radical (unpaired) electrons. The van der Waals surface area contributed by atoms with Gasteiger partial charge >= 0.3 is 6.18 Å². The monoisotopic (exact) mass is 591 g/mol. The van der Waals surface area contributed by atoms with Crippen LogP contribution in [-0.4, -0.2) is 21.4 Å². The summed E-state index contributed by atoms with van der Waals surface area (Å²) in [4.78, 5) is 30.6. The van der Waals surface area contributed by atoms with E-state index in [1.165, 1.54) is 18.2 Å². The van der Waals surface area contributed by atoms with Crippen molar-refractivity contribution >= 4 is 40.1 Å². The van der Waals surface area contributed by atoms with Crippen LogP contribution in [0, 0.1) is 23.3 Å². The molecule has 0 unspecified atom stereocenters. The highest BCUT2D eigenvalue weighted by Gasteiger charge is 2.38. The molecule has 13 heteroatoms. The predicted octanol–water partition coefficient (Wildman–Crippen LogP) is 7.74. The number of rotatable bonds is 4. The Morgan fingerprint density at radius 3 is 1.80 bits per heavy atom. The molecule has 0 aliphatic heterocycles. The number of fused-ring (bicyclic) bond motifs is 1. The maximum Gasteiger partial charge on any atom is 0.450 e. The lowest BCUT2D eigenvalue weighted by Crippen LogP contribution is -2.38. The van der Waals surface area contributed by atoms with Crippen molar-refractivity contribution < 1.29 is 40.3 Å². The molecule has 0 atom stereocenters. The van der Waals surface area contributed by atoms with Crippen molar-refractivity contribution in [1.82, 2.24) is 9.55 Å². The first-order valence-corrected chi connectivity index (χ1v) is 11.9. The summed E-state index contributed by atoms with van der Waals surface area (Å²) >= 11 is 5.90. The maximum atomic E-state index is 14.5. The van der Waals surface area contributed by atoms with Crippen LogP contribution in [-0.2, 0) is 6.18 Å². The fraction of sp³-hybridized carbons (Fsp3) is 0.0357. The van der Waals surface area contributed by atoms with Crippen molar-refractivity contribution in [3.8, 4) is 5.69 Å². The topological polar surface area (TPSA) is 55.2 Å². The van der Waals surface area contributed by atoms with Crippen LogP contribution in [0.15, 0.2) is 78.9 Å². The van der Waals surface area contributed by atoms with Gasteiger partial charge in [-0.05, 0) is 66.7 Å². The molecular weight excluding hydrogens is 579 g/mol. The van der Waals surface area contributed by atoms with Crippen LogP contribution in [0.3, 0.4) is 0 Å². The third-order valence-corrected chi connectivity index (χ3v) is 6.24. The summed E-state index contributed by atoms with van der Waals surface area (Å²) in [7, 11) is 0. The number of amides is 2. The van der Waals surface area contributed by atoms with E-state index < -0.39 is 58.2 Å². The van der Waals surface area contributed by atoms with Crippen LogP contribution in [0.2, 0.25) is 5.02 Å². The number of halogens is 8. The van der Waals surface area contributed by atoms with Gasteiger partial charge in [-0.2, -0.15) is 13.2 Å². The minimum absolute atomic E-state index is 0.0298. The van der Waals surface area contributed by atoms with Crippen molar-refractivity contribution in [1.29, 1.82) is 0 Å². The molecule has 0 saturated carbocycles. The first-order chi connectivity index (χ1) is 19.4. The molecule has 0 N–H and O–H groups in total. The van der Waals surface area contributed by atoms with Crippen LogP contribution < -0.4 is 4.90 Å². The van der Waals surface area contributed by atoms with Gasteiger partial charge in [0.1, 0.15) is 0 Å². The molecule has 1 aromatic heterocycles. The SMILES string of the molecule is O=C(c1cccc(F)c1F)N(C(=O)c1cccc(F)c1F)c1ccc(-n2c(C(F)(F)F)nc3cc(Cl)ccc32)cc1. The predicted molar refractivity (Wildman–Crippen MR) is 135 cm³/mol. The van der Waals surface area contributed by atoms with E-state index in [-0.39, 0.29) is 32.3 Å². The molecular formula is C28H13ClF7N3O2. The zero-order valence-electron chi connectivity index (χ0n) is 20.2. The molecule has 0 aliphatic rings. The lowest BCUT2D eigenvalue weighted by Gasteiger charge is -2.22. The van der Waals surface area contributed by atoms with Crippen molar-refractivity contribution in [3.05, 3.63) is 124 Å². The fourth-order valence-electron chi connectivity index (χ4n) is 4.16. The average Bonchev–Trinajstić information content (AvgIpc) is 3.31. The number of imide groups is 1. The number of hydrogen-bond acceptors (Lipinski definition) is 3. The number of benzene rings is 4. The number of hydrogen-bond donors (Lipinski definition) is 0. The number of carbonyl (C=O) groups excluding carboxylic acids is 2. The standard InChI is InChI=1S/C28H13ClF7N3O2/c29-14-7-12-22-21(13-14)37-27(28(34,35)36)38(22)15-8-10-16(11-9-15)39(25(40)17-3-1-5-19(30)23(17)32)26(41)18-4-2-6-20(31)24(18)33/h1-13H. The van der Waals surface area contributed by atoms with Crippen LogP contribution in [0.1, 0.15) is 26.5 Å². The summed E-state index contributed by atoms with van der Waals surface area (Å²) in [6, 6.07) is 13.3. The van der Waals surface area contributed by atoms with E-state index >= 15 is 0 Å². The normalized spacial score (nSPS) is 11.6. The van der Waals surface area contributed by atoms with Crippen LogP contribution in [0.5, 0.6) is 0 Å². The van der Waals surface area contributed by atoms with Crippen LogP contribution in [0.25, 0.3) is 16.7 Å². The minimum atomic E-state index is -4.90. The van der Waals surface area contributed by atoms with Gasteiger partial charge in [-0.3, -0.25) is 14.2 Å². The highest BCUT2D eigenvalue weighted by molar-refractivity contribution is 6.31. The Labute approximate surface area is 231 Å². The second-order valence-electron chi connectivity index (χ2n) is 8.57. The summed E-state index contributed by atoms with van der Waals surface area (Å²) in [5.41, 5.74) is -2.32. The molecule has 0 fully saturated rings. The Bertz CT molecular complexity index is 1770. The summed E-state index contributed by atoms with van der Waals surface area (Å²) in [6.07, 6.45) is -4.90. The van der Waals surface area contributed by atoms with Gasteiger partial charge in [0.05, 0.1) is 27.8 Å². The smallest absolute Gasteiger partial charge is 0.289 e. The highest BCUT2D eigenvalue weighted by Crippen LogP contribution is 2.35. The average molecular weight is 592 g/mol. The van der Waals surface area contributed by atoms with E-state index in [4.69, 9.17) is 11.6 Å². The van der Waals surface area contributed by atoms with Crippen molar-refractivity contribution in [3.63, 3.8) is 0 Å². The van der Waals surface area contributed by atoms with Crippen molar-refractivity contribution in [2.45, 2.75) is 6.18 Å². The lowest BCUT2D eigenvalue weighted by atomic mass is 10.1. The first kappa shape index (κ1) is 27.8. The summed E-state index contributed by atoms with van der Waals surface area (Å²) in [5.74, 6) is -10.2. The molecule has 2 amide bonds. The molecule has 5 nitrogen and oxygen atoms in total. The van der Waals surface area contributed by atoms with Gasteiger partial charge in [-0.25, -0.2) is 27.4 Å². The quantitative estimate of drug-likeness (QED) is 0.159. The number of aromatic nitrogens is 2. The Morgan fingerprint density at radius 2 is 1.29 bits per heavy atom. The number of imidazole rings is 1. The Kier molecular flexibility index (Phi) is 7.03. The molecule has 4 aromatic carbocycles. The van der Waals surface area contributed by atoms with E-state index in [1.54, 1.807) is 0 Å². The molecule has 41 heavy (non-hydrogen) atoms. The van der Waals surface area contributed by atoms with E-state index in [0.717, 1.165) is 65.2 Å². The van der Waals surface area contributed by atoms with Gasteiger partial charge in [0.25, 0.3) is 11.8 Å². The highest BCUT2D eigenvalue weighted by atomic mass is 35.5. The van der Waals surface area contributed by atoms with E-state index in [9.17, 15) is 40.3 Å². The molecule has 5 rings (SSSR count). The molecule has 0 spiro atoms. The van der Waals surface area contributed by atoms with Crippen molar-refractivity contribution in [2.24, 2.45) is 0 Å². The molecule has 1 heterocycles. The maximum absolute atomic E-state index is 14.5. The fourth-order valence-corrected chi connectivity index (χ4v) is 4.33. The number of alkyl halides is 3. The lowest BCUT2D eigenvalue weighted by molar-refractivity contribution is -0.145. The summed E-state index contributed by atoms with van der Waals surface area (Å²) < 4.78 is 99.2. The molecule has 5 aromatic rings. The number of anilines is 1. The van der Waals surface area contributed by atoms with E-state index in [2.05, 4.69) is 4.98 Å². The van der Waals surface area contributed by atoms with Crippen LogP contribution in [0.4, 0.5) is 36.4 Å². The van der Waals surface area contributed by atoms with Gasteiger partial charge < -0.3 is 0 Å². The zero-order valence-corrected chi connectivity index (χ0v) is 20.9. The van der Waals surface area contributed by atoms with E-state index in [1.807, 2.05) is 0 Å². The largest absolute Gasteiger partial charge is 0.450 e. The third-order valence-electron chi connectivity index (χ3n) is 6.01. The zero-order chi connectivity index (χ0) is 29.6. The summed E-state index contributed by atoms with van der Waals surface area (Å²) in [5, 5.41) is 0.146. The first-order valence-electron chi connectivity index (χ1n) is 11.5. The van der Waals surface area contributed by atoms with Gasteiger partial charge in [0.2, 0.25) is 5.82 Å².